The Morgan fingerprint density at radius 1 is 1.17 bits per heavy atom. The van der Waals surface area contributed by atoms with Crippen molar-refractivity contribution >= 4 is 29.5 Å². The number of ketones is 1. The van der Waals surface area contributed by atoms with Gasteiger partial charge in [-0.1, -0.05) is 24.4 Å². The van der Waals surface area contributed by atoms with Crippen LogP contribution in [0.15, 0.2) is 15.7 Å². The second-order valence-electron chi connectivity index (χ2n) is 7.63. The van der Waals surface area contributed by atoms with Crippen molar-refractivity contribution in [3.63, 3.8) is 0 Å². The Labute approximate surface area is 147 Å². The highest BCUT2D eigenvalue weighted by Crippen LogP contribution is 2.45. The predicted octanol–water partition coefficient (Wildman–Crippen LogP) is 2.06. The summed E-state index contributed by atoms with van der Waals surface area (Å²) in [5.74, 6) is 2.38. The number of piperazine rings is 1. The minimum atomic E-state index is -0.165. The molecule has 0 aromatic carbocycles. The SMILES string of the molecule is O=C1CN=CC(N2CCN(CC3CC4CCC3CC4)C(=O)C2)=C1Cl. The van der Waals surface area contributed by atoms with Crippen LogP contribution in [0, 0.1) is 17.8 Å². The molecule has 3 saturated carbocycles. The van der Waals surface area contributed by atoms with E-state index in [-0.39, 0.29) is 23.3 Å². The van der Waals surface area contributed by atoms with Crippen LogP contribution in [0.5, 0.6) is 0 Å². The van der Waals surface area contributed by atoms with Gasteiger partial charge in [-0.05, 0) is 37.0 Å². The van der Waals surface area contributed by atoms with E-state index in [1.54, 1.807) is 6.21 Å². The Balaban J connectivity index is 1.38. The van der Waals surface area contributed by atoms with Crippen LogP contribution in [0.1, 0.15) is 32.1 Å². The van der Waals surface area contributed by atoms with Crippen molar-refractivity contribution in [2.75, 3.05) is 32.7 Å². The van der Waals surface area contributed by atoms with Gasteiger partial charge in [-0.15, -0.1) is 0 Å². The highest BCUT2D eigenvalue weighted by molar-refractivity contribution is 6.44. The number of hydrogen-bond acceptors (Lipinski definition) is 4. The summed E-state index contributed by atoms with van der Waals surface area (Å²) in [4.78, 5) is 32.3. The highest BCUT2D eigenvalue weighted by atomic mass is 35.5. The number of dihydropyridines is 1. The molecule has 3 aliphatic carbocycles. The van der Waals surface area contributed by atoms with Crippen LogP contribution in [0.3, 0.4) is 0 Å². The largest absolute Gasteiger partial charge is 0.358 e. The number of carbonyl (C=O) groups is 2. The van der Waals surface area contributed by atoms with Gasteiger partial charge in [0.05, 0.1) is 12.2 Å². The molecule has 0 aromatic rings. The highest BCUT2D eigenvalue weighted by Gasteiger charge is 2.38. The first-order valence-electron chi connectivity index (χ1n) is 9.07. The van der Waals surface area contributed by atoms with E-state index in [4.69, 9.17) is 11.6 Å². The van der Waals surface area contributed by atoms with Crippen LogP contribution in [-0.4, -0.2) is 60.4 Å². The molecule has 5 nitrogen and oxygen atoms in total. The van der Waals surface area contributed by atoms with E-state index in [9.17, 15) is 9.59 Å². The smallest absolute Gasteiger partial charge is 0.242 e. The summed E-state index contributed by atoms with van der Waals surface area (Å²) in [6, 6.07) is 0. The number of hydrogen-bond donors (Lipinski definition) is 0. The van der Waals surface area contributed by atoms with Crippen molar-refractivity contribution < 1.29 is 9.59 Å². The molecule has 1 atom stereocenters. The number of nitrogens with zero attached hydrogens (tertiary/aromatic N) is 3. The zero-order chi connectivity index (χ0) is 16.7. The molecule has 0 spiro atoms. The van der Waals surface area contributed by atoms with Crippen molar-refractivity contribution in [2.24, 2.45) is 22.7 Å². The van der Waals surface area contributed by atoms with E-state index in [1.165, 1.54) is 32.1 Å². The minimum Gasteiger partial charge on any atom is -0.358 e. The average Bonchev–Trinajstić information content (AvgIpc) is 2.60. The van der Waals surface area contributed by atoms with E-state index in [0.717, 1.165) is 24.9 Å². The molecule has 6 heteroatoms. The van der Waals surface area contributed by atoms with Crippen molar-refractivity contribution in [2.45, 2.75) is 32.1 Å². The van der Waals surface area contributed by atoms with E-state index in [1.807, 2.05) is 9.80 Å². The fraction of sp³-hybridized carbons (Fsp3) is 0.722. The number of halogens is 1. The van der Waals surface area contributed by atoms with Gasteiger partial charge in [-0.2, -0.15) is 0 Å². The number of carbonyl (C=O) groups excluding carboxylic acids is 2. The molecule has 5 aliphatic rings. The van der Waals surface area contributed by atoms with Gasteiger partial charge in [0.1, 0.15) is 11.6 Å². The van der Waals surface area contributed by atoms with Gasteiger partial charge in [0.25, 0.3) is 0 Å². The summed E-state index contributed by atoms with van der Waals surface area (Å²) in [5, 5.41) is 0.218. The van der Waals surface area contributed by atoms with Gasteiger partial charge in [-0.25, -0.2) is 0 Å². The number of aliphatic imine (C=N–C) groups is 1. The van der Waals surface area contributed by atoms with Crippen molar-refractivity contribution in [1.82, 2.24) is 9.80 Å². The van der Waals surface area contributed by atoms with Crippen LogP contribution in [0.4, 0.5) is 0 Å². The summed E-state index contributed by atoms with van der Waals surface area (Å²) in [6.45, 7) is 2.75. The Morgan fingerprint density at radius 3 is 2.62 bits per heavy atom. The molecule has 1 unspecified atom stereocenters. The molecule has 2 bridgehead atoms. The lowest BCUT2D eigenvalue weighted by Crippen LogP contribution is -2.53. The van der Waals surface area contributed by atoms with Crippen molar-refractivity contribution in [1.29, 1.82) is 0 Å². The maximum absolute atomic E-state index is 12.6. The molecule has 130 valence electrons. The number of Topliss-reactive ketones (excluding diaryl/α,β-unsaturated/α-hetero) is 1. The van der Waals surface area contributed by atoms with Crippen LogP contribution >= 0.6 is 11.6 Å². The van der Waals surface area contributed by atoms with Crippen LogP contribution < -0.4 is 0 Å². The van der Waals surface area contributed by atoms with Crippen LogP contribution in [0.2, 0.25) is 0 Å². The lowest BCUT2D eigenvalue weighted by molar-refractivity contribution is -0.136. The summed E-state index contributed by atoms with van der Waals surface area (Å²) in [5.41, 5.74) is 0.609. The normalized spacial score (nSPS) is 33.6. The maximum atomic E-state index is 12.6. The Bertz CT molecular complexity index is 607. The third-order valence-electron chi connectivity index (χ3n) is 6.23. The monoisotopic (exact) mass is 349 g/mol. The van der Waals surface area contributed by atoms with E-state index in [2.05, 4.69) is 4.99 Å². The predicted molar refractivity (Wildman–Crippen MR) is 93.0 cm³/mol. The summed E-state index contributed by atoms with van der Waals surface area (Å²) in [7, 11) is 0. The molecule has 4 fully saturated rings. The third kappa shape index (κ3) is 2.99. The molecular formula is C18H24ClN3O2. The standard InChI is InChI=1S/C18H24ClN3O2/c19-18-15(8-20-9-16(18)23)21-5-6-22(17(24)11-21)10-14-7-12-1-3-13(14)4-2-12/h8,12-14H,1-7,9-11H2. The van der Waals surface area contributed by atoms with Gasteiger partial charge in [0.2, 0.25) is 5.91 Å². The quantitative estimate of drug-likeness (QED) is 0.783. The van der Waals surface area contributed by atoms with Gasteiger partial charge in [0.15, 0.2) is 5.78 Å². The fourth-order valence-electron chi connectivity index (χ4n) is 4.83. The second kappa shape index (κ2) is 6.51. The Hall–Kier alpha value is -1.36. The molecule has 1 saturated heterocycles. The zero-order valence-corrected chi connectivity index (χ0v) is 14.7. The topological polar surface area (TPSA) is 53.0 Å². The molecule has 5 rings (SSSR count). The fourth-order valence-corrected chi connectivity index (χ4v) is 5.06. The molecule has 2 heterocycles. The van der Waals surface area contributed by atoms with Gasteiger partial charge in [-0.3, -0.25) is 14.6 Å². The van der Waals surface area contributed by atoms with Crippen LogP contribution in [0.25, 0.3) is 0 Å². The number of rotatable bonds is 3. The van der Waals surface area contributed by atoms with Crippen LogP contribution in [-0.2, 0) is 9.59 Å². The lowest BCUT2D eigenvalue weighted by Gasteiger charge is -2.45. The molecular weight excluding hydrogens is 326 g/mol. The molecule has 0 radical (unpaired) electrons. The number of fused-ring (bicyclic) bond motifs is 3. The molecule has 24 heavy (non-hydrogen) atoms. The molecule has 2 aliphatic heterocycles. The third-order valence-corrected chi connectivity index (χ3v) is 6.63. The first kappa shape index (κ1) is 16.1. The molecule has 0 N–H and O–H groups in total. The number of amides is 1. The van der Waals surface area contributed by atoms with Gasteiger partial charge in [0, 0.05) is 25.8 Å². The summed E-state index contributed by atoms with van der Waals surface area (Å²) >= 11 is 6.12. The first-order chi connectivity index (χ1) is 11.6. The average molecular weight is 350 g/mol. The number of allylic oxidation sites excluding steroid dienone is 1. The minimum absolute atomic E-state index is 0.112. The van der Waals surface area contributed by atoms with Crippen molar-refractivity contribution in [3.8, 4) is 0 Å². The Morgan fingerprint density at radius 2 is 1.96 bits per heavy atom. The van der Waals surface area contributed by atoms with Gasteiger partial charge >= 0.3 is 0 Å². The second-order valence-corrected chi connectivity index (χ2v) is 8.01. The van der Waals surface area contributed by atoms with E-state index < -0.39 is 0 Å². The summed E-state index contributed by atoms with van der Waals surface area (Å²) < 4.78 is 0. The maximum Gasteiger partial charge on any atom is 0.242 e. The van der Waals surface area contributed by atoms with E-state index in [0.29, 0.717) is 24.7 Å². The lowest BCUT2D eigenvalue weighted by atomic mass is 9.64. The van der Waals surface area contributed by atoms with Crippen molar-refractivity contribution in [3.05, 3.63) is 10.7 Å². The van der Waals surface area contributed by atoms with E-state index >= 15 is 0 Å². The first-order valence-corrected chi connectivity index (χ1v) is 9.45. The summed E-state index contributed by atoms with van der Waals surface area (Å²) in [6.07, 6.45) is 8.42. The Kier molecular flexibility index (Phi) is 4.37. The molecule has 1 amide bonds. The molecule has 0 aromatic heterocycles. The zero-order valence-electron chi connectivity index (χ0n) is 13.9. The van der Waals surface area contributed by atoms with Gasteiger partial charge < -0.3 is 9.80 Å².